The van der Waals surface area contributed by atoms with Gasteiger partial charge in [0, 0.05) is 77.1 Å². The Morgan fingerprint density at radius 2 is 1.69 bits per heavy atom. The normalized spacial score (nSPS) is 14.2. The number of benzene rings is 2. The van der Waals surface area contributed by atoms with Crippen molar-refractivity contribution in [2.75, 3.05) is 26.7 Å². The molecular weight excluding hydrogens is 446 g/mol. The van der Waals surface area contributed by atoms with Crippen LogP contribution >= 0.6 is 0 Å². The quantitative estimate of drug-likeness (QED) is 0.210. The number of nitrogens with zero attached hydrogens (tertiary/aromatic N) is 3. The molecule has 36 heavy (non-hydrogen) atoms. The van der Waals surface area contributed by atoms with Crippen LogP contribution in [-0.2, 0) is 0 Å². The van der Waals surface area contributed by atoms with E-state index < -0.39 is 0 Å². The minimum Gasteiger partial charge on any atom is -0.370 e. The van der Waals surface area contributed by atoms with E-state index in [1.54, 1.807) is 0 Å². The number of amidine groups is 2. The highest BCUT2D eigenvalue weighted by Gasteiger charge is 2.11. The smallest absolute Gasteiger partial charge is 0.128 e. The highest BCUT2D eigenvalue weighted by Crippen LogP contribution is 2.28. The molecule has 2 aromatic carbocycles. The highest BCUT2D eigenvalue weighted by molar-refractivity contribution is 6.03. The van der Waals surface area contributed by atoms with Gasteiger partial charge in [0.1, 0.15) is 11.7 Å². The molecule has 0 radical (unpaired) electrons. The second kappa shape index (κ2) is 9.34. The van der Waals surface area contributed by atoms with Gasteiger partial charge in [-0.1, -0.05) is 24.3 Å². The Kier molecular flexibility index (Phi) is 5.73. The number of aliphatic imine (C=N–C) groups is 2. The SMILES string of the molecule is CCNC(=NC)c1ccc2cc(-c3ccc(-c4cc5ccc(C6=NCCCN6)cc5[nH]4)nc3)[nH]c2c1. The first-order valence-electron chi connectivity index (χ1n) is 12.4. The van der Waals surface area contributed by atoms with E-state index in [4.69, 9.17) is 4.98 Å². The second-order valence-electron chi connectivity index (χ2n) is 9.02. The lowest BCUT2D eigenvalue weighted by Gasteiger charge is -2.14. The van der Waals surface area contributed by atoms with Gasteiger partial charge in [0.05, 0.1) is 11.4 Å². The predicted octanol–water partition coefficient (Wildman–Crippen LogP) is 5.10. The molecule has 0 atom stereocenters. The zero-order valence-electron chi connectivity index (χ0n) is 20.5. The third kappa shape index (κ3) is 4.13. The van der Waals surface area contributed by atoms with Crippen LogP contribution in [0.2, 0.25) is 0 Å². The molecule has 4 heterocycles. The van der Waals surface area contributed by atoms with Crippen molar-refractivity contribution in [1.82, 2.24) is 25.6 Å². The van der Waals surface area contributed by atoms with Crippen LogP contribution in [0.3, 0.4) is 0 Å². The van der Waals surface area contributed by atoms with Gasteiger partial charge in [-0.25, -0.2) is 0 Å². The molecule has 4 N–H and O–H groups in total. The molecule has 0 saturated heterocycles. The minimum atomic E-state index is 0.836. The van der Waals surface area contributed by atoms with E-state index in [0.29, 0.717) is 0 Å². The Labute approximate surface area is 209 Å². The Bertz CT molecular complexity index is 1600. The van der Waals surface area contributed by atoms with Crippen LogP contribution in [0.1, 0.15) is 24.5 Å². The lowest BCUT2D eigenvalue weighted by atomic mass is 10.1. The second-order valence-corrected chi connectivity index (χ2v) is 9.02. The van der Waals surface area contributed by atoms with Crippen molar-refractivity contribution in [3.63, 3.8) is 0 Å². The summed E-state index contributed by atoms with van der Waals surface area (Å²) in [6.45, 7) is 4.77. The van der Waals surface area contributed by atoms with Crippen LogP contribution in [0.15, 0.2) is 76.8 Å². The van der Waals surface area contributed by atoms with Gasteiger partial charge in [-0.15, -0.1) is 0 Å². The van der Waals surface area contributed by atoms with Gasteiger partial charge in [-0.05, 0) is 49.7 Å². The average Bonchev–Trinajstić information content (AvgIpc) is 3.56. The molecule has 0 saturated carbocycles. The van der Waals surface area contributed by atoms with E-state index in [1.165, 1.54) is 0 Å². The molecule has 7 heteroatoms. The number of hydrogen-bond acceptors (Lipinski definition) is 4. The zero-order chi connectivity index (χ0) is 24.5. The summed E-state index contributed by atoms with van der Waals surface area (Å²) in [7, 11) is 1.81. The maximum Gasteiger partial charge on any atom is 0.128 e. The predicted molar refractivity (Wildman–Crippen MR) is 149 cm³/mol. The third-order valence-electron chi connectivity index (χ3n) is 6.61. The first kappa shape index (κ1) is 22.1. The summed E-state index contributed by atoms with van der Waals surface area (Å²) in [4.78, 5) is 20.8. The largest absolute Gasteiger partial charge is 0.370 e. The van der Waals surface area contributed by atoms with E-state index in [1.807, 2.05) is 13.2 Å². The molecular formula is C29H29N7. The Morgan fingerprint density at radius 3 is 2.44 bits per heavy atom. The Morgan fingerprint density at radius 1 is 0.917 bits per heavy atom. The van der Waals surface area contributed by atoms with Gasteiger partial charge >= 0.3 is 0 Å². The number of pyridine rings is 1. The van der Waals surface area contributed by atoms with Gasteiger partial charge in [-0.2, -0.15) is 0 Å². The molecule has 3 aromatic heterocycles. The monoisotopic (exact) mass is 475 g/mol. The van der Waals surface area contributed by atoms with Crippen molar-refractivity contribution in [3.8, 4) is 22.6 Å². The maximum atomic E-state index is 4.77. The zero-order valence-corrected chi connectivity index (χ0v) is 20.5. The molecule has 180 valence electrons. The van der Waals surface area contributed by atoms with Crippen LogP contribution in [-0.4, -0.2) is 53.3 Å². The van der Waals surface area contributed by atoms with Crippen molar-refractivity contribution < 1.29 is 0 Å². The van der Waals surface area contributed by atoms with Crippen LogP contribution in [0.4, 0.5) is 0 Å². The molecule has 0 unspecified atom stereocenters. The summed E-state index contributed by atoms with van der Waals surface area (Å²) in [5, 5.41) is 9.04. The number of fused-ring (bicyclic) bond motifs is 2. The fraction of sp³-hybridized carbons (Fsp3) is 0.207. The average molecular weight is 476 g/mol. The topological polar surface area (TPSA) is 93.2 Å². The molecule has 5 aromatic rings. The summed E-state index contributed by atoms with van der Waals surface area (Å²) < 4.78 is 0. The first-order valence-corrected chi connectivity index (χ1v) is 12.4. The van der Waals surface area contributed by atoms with Crippen molar-refractivity contribution in [2.24, 2.45) is 9.98 Å². The van der Waals surface area contributed by atoms with Crippen molar-refractivity contribution in [2.45, 2.75) is 13.3 Å². The van der Waals surface area contributed by atoms with Gasteiger partial charge in [0.25, 0.3) is 0 Å². The fourth-order valence-corrected chi connectivity index (χ4v) is 4.76. The third-order valence-corrected chi connectivity index (χ3v) is 6.61. The standard InChI is InChI=1S/C29H29N7/c1-3-31-28(30-2)20-7-5-18-13-26(35-24(18)15-20)22-9-10-23(34-17-22)27-14-19-6-8-21(16-25(19)36-27)29-32-11-4-12-33-29/h5-10,13-17,35-36H,3-4,11-12H2,1-2H3,(H,30,31)(H,32,33). The number of nitrogens with one attached hydrogen (secondary N) is 4. The number of hydrogen-bond donors (Lipinski definition) is 4. The molecule has 6 rings (SSSR count). The van der Waals surface area contributed by atoms with Crippen LogP contribution < -0.4 is 10.6 Å². The summed E-state index contributed by atoms with van der Waals surface area (Å²) in [6, 6.07) is 21.3. The van der Waals surface area contributed by atoms with Crippen LogP contribution in [0.25, 0.3) is 44.5 Å². The molecule has 0 spiro atoms. The number of aromatic nitrogens is 3. The van der Waals surface area contributed by atoms with E-state index in [2.05, 4.69) is 98.2 Å². The number of H-pyrrole nitrogens is 2. The maximum absolute atomic E-state index is 4.77. The number of rotatable bonds is 5. The van der Waals surface area contributed by atoms with Crippen molar-refractivity contribution in [3.05, 3.63) is 78.0 Å². The molecule has 1 aliphatic rings. The lowest BCUT2D eigenvalue weighted by Crippen LogP contribution is -2.30. The fourth-order valence-electron chi connectivity index (χ4n) is 4.76. The Balaban J connectivity index is 1.27. The molecule has 0 aliphatic carbocycles. The van der Waals surface area contributed by atoms with Gasteiger partial charge in [0.2, 0.25) is 0 Å². The van der Waals surface area contributed by atoms with Crippen molar-refractivity contribution >= 4 is 33.5 Å². The summed E-state index contributed by atoms with van der Waals surface area (Å²) in [5.74, 6) is 1.88. The summed E-state index contributed by atoms with van der Waals surface area (Å²) in [5.41, 5.74) is 8.36. The molecule has 7 nitrogen and oxygen atoms in total. The minimum absolute atomic E-state index is 0.836. The van der Waals surface area contributed by atoms with Gasteiger partial charge < -0.3 is 20.6 Å². The van der Waals surface area contributed by atoms with Crippen molar-refractivity contribution in [1.29, 1.82) is 0 Å². The first-order chi connectivity index (χ1) is 17.7. The van der Waals surface area contributed by atoms with Crippen LogP contribution in [0, 0.1) is 0 Å². The van der Waals surface area contributed by atoms with E-state index in [0.717, 1.165) is 93.3 Å². The Hall–Kier alpha value is -4.39. The molecule has 0 amide bonds. The summed E-state index contributed by atoms with van der Waals surface area (Å²) >= 11 is 0. The van der Waals surface area contributed by atoms with Gasteiger partial charge in [-0.3, -0.25) is 15.0 Å². The highest BCUT2D eigenvalue weighted by atomic mass is 15.0. The van der Waals surface area contributed by atoms with Crippen LogP contribution in [0.5, 0.6) is 0 Å². The van der Waals surface area contributed by atoms with E-state index in [-0.39, 0.29) is 0 Å². The van der Waals surface area contributed by atoms with E-state index in [9.17, 15) is 0 Å². The molecule has 0 bridgehead atoms. The van der Waals surface area contributed by atoms with Gasteiger partial charge in [0.15, 0.2) is 0 Å². The molecule has 1 aliphatic heterocycles. The summed E-state index contributed by atoms with van der Waals surface area (Å²) in [6.07, 6.45) is 3.01. The van der Waals surface area contributed by atoms with E-state index >= 15 is 0 Å². The lowest BCUT2D eigenvalue weighted by molar-refractivity contribution is 0.742. The molecule has 0 fully saturated rings. The number of aromatic amines is 2.